The van der Waals surface area contributed by atoms with E-state index in [-0.39, 0.29) is 11.4 Å². The van der Waals surface area contributed by atoms with Crippen LogP contribution in [0.3, 0.4) is 0 Å². The average Bonchev–Trinajstić information content (AvgIpc) is 2.37. The lowest BCUT2D eigenvalue weighted by atomic mass is 10.2. The van der Waals surface area contributed by atoms with Crippen molar-refractivity contribution in [1.29, 1.82) is 0 Å². The summed E-state index contributed by atoms with van der Waals surface area (Å²) in [6, 6.07) is 2.30. The maximum Gasteiger partial charge on any atom is 0.326 e. The van der Waals surface area contributed by atoms with E-state index in [0.29, 0.717) is 0 Å². The summed E-state index contributed by atoms with van der Waals surface area (Å²) in [5.41, 5.74) is 0.0211. The Bertz CT molecular complexity index is 570. The first-order chi connectivity index (χ1) is 9.79. The van der Waals surface area contributed by atoms with Gasteiger partial charge in [0.15, 0.2) is 0 Å². The van der Waals surface area contributed by atoms with Gasteiger partial charge in [-0.15, -0.1) is 0 Å². The lowest BCUT2D eigenvalue weighted by Gasteiger charge is -2.13. The molecule has 1 aromatic rings. The van der Waals surface area contributed by atoms with Gasteiger partial charge in [0, 0.05) is 17.8 Å². The molecule has 1 atom stereocenters. The van der Waals surface area contributed by atoms with Crippen LogP contribution < -0.4 is 10.6 Å². The molecule has 0 saturated carbocycles. The molecule has 0 unspecified atom stereocenters. The first kappa shape index (κ1) is 15.9. The molecule has 0 heterocycles. The van der Waals surface area contributed by atoms with Gasteiger partial charge in [0.1, 0.15) is 6.04 Å². The van der Waals surface area contributed by atoms with E-state index in [9.17, 15) is 24.5 Å². The predicted molar refractivity (Wildman–Crippen MR) is 68.9 cm³/mol. The summed E-state index contributed by atoms with van der Waals surface area (Å²) in [4.78, 5) is 42.6. The first-order valence-electron chi connectivity index (χ1n) is 5.56. The number of carbonyl (C=O) groups excluding carboxylic acids is 1. The molecule has 2 amide bonds. The van der Waals surface area contributed by atoms with Crippen molar-refractivity contribution in [2.75, 3.05) is 5.32 Å². The van der Waals surface area contributed by atoms with E-state index in [0.717, 1.165) is 12.1 Å². The summed E-state index contributed by atoms with van der Waals surface area (Å²) in [5, 5.41) is 31.9. The highest BCUT2D eigenvalue weighted by Gasteiger charge is 2.23. The molecule has 0 aliphatic carbocycles. The number of anilines is 1. The minimum atomic E-state index is -1.58. The van der Waals surface area contributed by atoms with Gasteiger partial charge in [-0.05, 0) is 12.1 Å². The molecule has 0 aliphatic heterocycles. The highest BCUT2D eigenvalue weighted by molar-refractivity contribution is 5.93. The Morgan fingerprint density at radius 3 is 2.19 bits per heavy atom. The van der Waals surface area contributed by atoms with Gasteiger partial charge in [0.2, 0.25) is 0 Å². The Morgan fingerprint density at radius 2 is 1.76 bits per heavy atom. The maximum absolute atomic E-state index is 11.5. The molecule has 0 aromatic heterocycles. The van der Waals surface area contributed by atoms with Gasteiger partial charge < -0.3 is 20.8 Å². The number of nitrogens with one attached hydrogen (secondary N) is 2. The van der Waals surface area contributed by atoms with Gasteiger partial charge in [-0.1, -0.05) is 0 Å². The Morgan fingerprint density at radius 1 is 1.19 bits per heavy atom. The first-order valence-corrected chi connectivity index (χ1v) is 5.56. The summed E-state index contributed by atoms with van der Waals surface area (Å²) in [6.45, 7) is 0. The molecule has 10 nitrogen and oxygen atoms in total. The summed E-state index contributed by atoms with van der Waals surface area (Å²) >= 11 is 0. The number of carbonyl (C=O) groups is 3. The van der Waals surface area contributed by atoms with Crippen molar-refractivity contribution in [2.45, 2.75) is 12.5 Å². The summed E-state index contributed by atoms with van der Waals surface area (Å²) < 4.78 is 0. The second kappa shape index (κ2) is 6.84. The normalized spacial score (nSPS) is 11.2. The smallest absolute Gasteiger partial charge is 0.326 e. The van der Waals surface area contributed by atoms with Gasteiger partial charge in [0.25, 0.3) is 5.69 Å². The monoisotopic (exact) mass is 297 g/mol. The minimum Gasteiger partial charge on any atom is -0.481 e. The van der Waals surface area contributed by atoms with Crippen LogP contribution in [0, 0.1) is 10.1 Å². The van der Waals surface area contributed by atoms with Crippen LogP contribution in [0.5, 0.6) is 0 Å². The van der Waals surface area contributed by atoms with Crippen LogP contribution in [0.1, 0.15) is 6.42 Å². The lowest BCUT2D eigenvalue weighted by molar-refractivity contribution is -0.384. The van der Waals surface area contributed by atoms with E-state index >= 15 is 0 Å². The number of nitrogens with zero attached hydrogens (tertiary/aromatic N) is 1. The number of benzene rings is 1. The number of rotatable bonds is 6. The third-order valence-corrected chi connectivity index (χ3v) is 2.32. The van der Waals surface area contributed by atoms with Gasteiger partial charge in [-0.2, -0.15) is 0 Å². The van der Waals surface area contributed by atoms with Crippen molar-refractivity contribution in [1.82, 2.24) is 5.32 Å². The highest BCUT2D eigenvalue weighted by Crippen LogP contribution is 2.15. The number of carboxylic acid groups (broad SMARTS) is 2. The molecular formula is C11H11N3O7. The van der Waals surface area contributed by atoms with Crippen molar-refractivity contribution in [3.8, 4) is 0 Å². The molecule has 112 valence electrons. The highest BCUT2D eigenvalue weighted by atomic mass is 16.6. The lowest BCUT2D eigenvalue weighted by Crippen LogP contribution is -2.44. The van der Waals surface area contributed by atoms with Crippen LogP contribution in [0.4, 0.5) is 16.2 Å². The predicted octanol–water partition coefficient (Wildman–Crippen LogP) is 0.644. The molecule has 0 bridgehead atoms. The second-order valence-electron chi connectivity index (χ2n) is 3.89. The fourth-order valence-corrected chi connectivity index (χ4v) is 1.37. The Balaban J connectivity index is 2.65. The molecule has 4 N–H and O–H groups in total. The Kier molecular flexibility index (Phi) is 5.17. The van der Waals surface area contributed by atoms with Crippen LogP contribution >= 0.6 is 0 Å². The zero-order chi connectivity index (χ0) is 16.0. The molecule has 1 aromatic carbocycles. The number of non-ortho nitro benzene ring substituents is 1. The number of nitro benzene ring substituents is 1. The van der Waals surface area contributed by atoms with E-state index < -0.39 is 35.4 Å². The largest absolute Gasteiger partial charge is 0.481 e. The van der Waals surface area contributed by atoms with Gasteiger partial charge in [-0.3, -0.25) is 14.9 Å². The van der Waals surface area contributed by atoms with E-state index in [1.54, 1.807) is 0 Å². The number of hydrogen-bond donors (Lipinski definition) is 4. The number of amides is 2. The van der Waals surface area contributed by atoms with Crippen molar-refractivity contribution < 1.29 is 29.5 Å². The van der Waals surface area contributed by atoms with Crippen LogP contribution in [-0.2, 0) is 9.59 Å². The molecule has 21 heavy (non-hydrogen) atoms. The van der Waals surface area contributed by atoms with Crippen LogP contribution in [0.25, 0.3) is 0 Å². The van der Waals surface area contributed by atoms with Crippen LogP contribution in [-0.4, -0.2) is 39.1 Å². The number of urea groups is 1. The zero-order valence-electron chi connectivity index (χ0n) is 10.5. The van der Waals surface area contributed by atoms with Crippen LogP contribution in [0.15, 0.2) is 24.3 Å². The van der Waals surface area contributed by atoms with E-state index in [1.807, 2.05) is 5.32 Å². The SMILES string of the molecule is O=C(O)C[C@H](NC(=O)Nc1ccc([N+](=O)[O-])cc1)C(=O)O. The number of carboxylic acids is 2. The van der Waals surface area contributed by atoms with E-state index in [2.05, 4.69) is 5.32 Å². The van der Waals surface area contributed by atoms with E-state index in [4.69, 9.17) is 10.2 Å². The minimum absolute atomic E-state index is 0.171. The standard InChI is InChI=1S/C11H11N3O7/c15-9(16)5-8(10(17)18)13-11(19)12-6-1-3-7(4-2-6)14(20)21/h1-4,8H,5H2,(H,15,16)(H,17,18)(H2,12,13,19)/t8-/m0/s1. The zero-order valence-corrected chi connectivity index (χ0v) is 10.5. The molecule has 0 spiro atoms. The third kappa shape index (κ3) is 5.14. The van der Waals surface area contributed by atoms with E-state index in [1.165, 1.54) is 12.1 Å². The van der Waals surface area contributed by atoms with Gasteiger partial charge in [0.05, 0.1) is 11.3 Å². The Hall–Kier alpha value is -3.17. The third-order valence-electron chi connectivity index (χ3n) is 2.32. The molecule has 0 saturated heterocycles. The van der Waals surface area contributed by atoms with Crippen molar-refractivity contribution in [3.05, 3.63) is 34.4 Å². The second-order valence-corrected chi connectivity index (χ2v) is 3.89. The molecule has 0 aliphatic rings. The van der Waals surface area contributed by atoms with Crippen molar-refractivity contribution in [3.63, 3.8) is 0 Å². The quantitative estimate of drug-likeness (QED) is 0.443. The van der Waals surface area contributed by atoms with Crippen molar-refractivity contribution in [2.24, 2.45) is 0 Å². The number of hydrogen-bond acceptors (Lipinski definition) is 5. The summed E-state index contributed by atoms with van der Waals surface area (Å²) in [5.74, 6) is -2.87. The molecular weight excluding hydrogens is 286 g/mol. The van der Waals surface area contributed by atoms with Crippen molar-refractivity contribution >= 4 is 29.3 Å². The van der Waals surface area contributed by atoms with Gasteiger partial charge >= 0.3 is 18.0 Å². The topological polar surface area (TPSA) is 159 Å². The molecule has 10 heteroatoms. The average molecular weight is 297 g/mol. The fourth-order valence-electron chi connectivity index (χ4n) is 1.37. The van der Waals surface area contributed by atoms with Gasteiger partial charge in [-0.25, -0.2) is 9.59 Å². The Labute approximate surface area is 117 Å². The number of aliphatic carboxylic acids is 2. The maximum atomic E-state index is 11.5. The van der Waals surface area contributed by atoms with Crippen LogP contribution in [0.2, 0.25) is 0 Å². The molecule has 0 fully saturated rings. The summed E-state index contributed by atoms with van der Waals surface area (Å²) in [6.07, 6.45) is -0.775. The molecule has 1 rings (SSSR count). The number of nitro groups is 1. The fraction of sp³-hybridized carbons (Fsp3) is 0.182. The summed E-state index contributed by atoms with van der Waals surface area (Å²) in [7, 11) is 0. The molecule has 0 radical (unpaired) electrons.